The highest BCUT2D eigenvalue weighted by Crippen LogP contribution is 2.29. The van der Waals surface area contributed by atoms with E-state index in [1.54, 1.807) is 14.2 Å². The summed E-state index contributed by atoms with van der Waals surface area (Å²) in [6.07, 6.45) is 6.56. The topological polar surface area (TPSA) is 27.7 Å². The van der Waals surface area contributed by atoms with E-state index in [9.17, 15) is 0 Å². The summed E-state index contributed by atoms with van der Waals surface area (Å²) in [5.74, 6) is 2.27. The van der Waals surface area contributed by atoms with Crippen LogP contribution in [-0.4, -0.2) is 26.9 Å². The van der Waals surface area contributed by atoms with Crippen LogP contribution in [0.25, 0.3) is 0 Å². The van der Waals surface area contributed by atoms with Gasteiger partial charge in [0.05, 0.1) is 26.9 Å². The Kier molecular flexibility index (Phi) is 5.72. The maximum absolute atomic E-state index is 6.06. The van der Waals surface area contributed by atoms with Crippen LogP contribution in [0.5, 0.6) is 11.5 Å². The minimum Gasteiger partial charge on any atom is -0.493 e. The first kappa shape index (κ1) is 15.2. The number of ether oxygens (including phenoxy) is 3. The van der Waals surface area contributed by atoms with E-state index < -0.39 is 0 Å². The third-order valence-electron chi connectivity index (χ3n) is 4.20. The molecule has 0 aromatic heterocycles. The standard InChI is InChI=1S/C17H26O3/c1-13-6-4-5-7-15(13)20-11-10-14-8-9-16(18-2)17(12-14)19-3/h8-9,12-13,15H,4-7,10-11H2,1-3H3/t13-,15+/m0/s1. The van der Waals surface area contributed by atoms with Crippen LogP contribution in [0.4, 0.5) is 0 Å². The molecule has 1 aromatic rings. The van der Waals surface area contributed by atoms with Crippen molar-refractivity contribution in [2.45, 2.75) is 45.1 Å². The molecule has 0 aliphatic heterocycles. The zero-order valence-corrected chi connectivity index (χ0v) is 12.9. The average molecular weight is 278 g/mol. The SMILES string of the molecule is COc1ccc(CCO[C@@H]2CCCC[C@@H]2C)cc1OC. The molecule has 2 atom stereocenters. The predicted molar refractivity (Wildman–Crippen MR) is 80.6 cm³/mol. The van der Waals surface area contributed by atoms with E-state index in [2.05, 4.69) is 13.0 Å². The van der Waals surface area contributed by atoms with Crippen LogP contribution in [0.3, 0.4) is 0 Å². The van der Waals surface area contributed by atoms with Gasteiger partial charge in [-0.1, -0.05) is 25.8 Å². The van der Waals surface area contributed by atoms with Crippen molar-refractivity contribution in [3.63, 3.8) is 0 Å². The van der Waals surface area contributed by atoms with Gasteiger partial charge < -0.3 is 14.2 Å². The average Bonchev–Trinajstić information content (AvgIpc) is 2.49. The molecule has 0 unspecified atom stereocenters. The molecule has 112 valence electrons. The molecule has 0 N–H and O–H groups in total. The van der Waals surface area contributed by atoms with E-state index in [0.29, 0.717) is 12.0 Å². The highest BCUT2D eigenvalue weighted by atomic mass is 16.5. The predicted octanol–water partition coefficient (Wildman–Crippen LogP) is 3.84. The van der Waals surface area contributed by atoms with Crippen LogP contribution in [0.15, 0.2) is 18.2 Å². The van der Waals surface area contributed by atoms with Crippen molar-refractivity contribution in [1.29, 1.82) is 0 Å². The van der Waals surface area contributed by atoms with Crippen LogP contribution < -0.4 is 9.47 Å². The van der Waals surface area contributed by atoms with Crippen molar-refractivity contribution in [1.82, 2.24) is 0 Å². The molecule has 0 amide bonds. The van der Waals surface area contributed by atoms with Crippen LogP contribution in [-0.2, 0) is 11.2 Å². The van der Waals surface area contributed by atoms with E-state index in [1.165, 1.54) is 31.2 Å². The lowest BCUT2D eigenvalue weighted by Gasteiger charge is -2.28. The molecule has 0 radical (unpaired) electrons. The van der Waals surface area contributed by atoms with Gasteiger partial charge >= 0.3 is 0 Å². The molecule has 20 heavy (non-hydrogen) atoms. The Hall–Kier alpha value is -1.22. The van der Waals surface area contributed by atoms with Crippen molar-refractivity contribution in [2.24, 2.45) is 5.92 Å². The number of methoxy groups -OCH3 is 2. The second-order valence-corrected chi connectivity index (χ2v) is 5.61. The molecular formula is C17H26O3. The van der Waals surface area contributed by atoms with Gasteiger partial charge in [-0.15, -0.1) is 0 Å². The van der Waals surface area contributed by atoms with Crippen molar-refractivity contribution in [3.05, 3.63) is 23.8 Å². The largest absolute Gasteiger partial charge is 0.493 e. The molecule has 3 heteroatoms. The summed E-state index contributed by atoms with van der Waals surface area (Å²) in [5.41, 5.74) is 1.23. The lowest BCUT2D eigenvalue weighted by Crippen LogP contribution is -2.26. The summed E-state index contributed by atoms with van der Waals surface area (Å²) < 4.78 is 16.6. The van der Waals surface area contributed by atoms with E-state index in [1.807, 2.05) is 12.1 Å². The maximum atomic E-state index is 6.06. The second-order valence-electron chi connectivity index (χ2n) is 5.61. The molecule has 1 aromatic carbocycles. The van der Waals surface area contributed by atoms with Gasteiger partial charge in [-0.25, -0.2) is 0 Å². The zero-order chi connectivity index (χ0) is 14.4. The molecule has 1 saturated carbocycles. The third kappa shape index (κ3) is 3.89. The number of benzene rings is 1. The lowest BCUT2D eigenvalue weighted by molar-refractivity contribution is -0.00334. The maximum Gasteiger partial charge on any atom is 0.160 e. The van der Waals surface area contributed by atoms with Crippen molar-refractivity contribution >= 4 is 0 Å². The quantitative estimate of drug-likeness (QED) is 0.791. The van der Waals surface area contributed by atoms with E-state index in [-0.39, 0.29) is 0 Å². The minimum absolute atomic E-state index is 0.448. The normalized spacial score (nSPS) is 22.6. The fourth-order valence-corrected chi connectivity index (χ4v) is 2.89. The van der Waals surface area contributed by atoms with Crippen molar-refractivity contribution < 1.29 is 14.2 Å². The summed E-state index contributed by atoms with van der Waals surface area (Å²) in [5, 5.41) is 0. The van der Waals surface area contributed by atoms with E-state index >= 15 is 0 Å². The number of hydrogen-bond donors (Lipinski definition) is 0. The molecule has 1 fully saturated rings. The zero-order valence-electron chi connectivity index (χ0n) is 12.9. The Morgan fingerprint density at radius 2 is 1.80 bits per heavy atom. The van der Waals surface area contributed by atoms with E-state index in [0.717, 1.165) is 24.5 Å². The molecule has 0 spiro atoms. The summed E-state index contributed by atoms with van der Waals surface area (Å²) in [6, 6.07) is 6.07. The Morgan fingerprint density at radius 3 is 2.50 bits per heavy atom. The van der Waals surface area contributed by atoms with Crippen LogP contribution >= 0.6 is 0 Å². The highest BCUT2D eigenvalue weighted by Gasteiger charge is 2.21. The second kappa shape index (κ2) is 7.53. The fourth-order valence-electron chi connectivity index (χ4n) is 2.89. The molecule has 0 heterocycles. The van der Waals surface area contributed by atoms with Gasteiger partial charge in [-0.05, 0) is 42.9 Å². The molecule has 0 bridgehead atoms. The first-order chi connectivity index (χ1) is 9.74. The van der Waals surface area contributed by atoms with Crippen LogP contribution in [0, 0.1) is 5.92 Å². The van der Waals surface area contributed by atoms with E-state index in [4.69, 9.17) is 14.2 Å². The molecule has 3 nitrogen and oxygen atoms in total. The van der Waals surface area contributed by atoms with Crippen molar-refractivity contribution in [2.75, 3.05) is 20.8 Å². The Balaban J connectivity index is 1.84. The van der Waals surface area contributed by atoms with Crippen LogP contribution in [0.2, 0.25) is 0 Å². The first-order valence-electron chi connectivity index (χ1n) is 7.57. The summed E-state index contributed by atoms with van der Waals surface area (Å²) in [7, 11) is 3.33. The number of hydrogen-bond acceptors (Lipinski definition) is 3. The van der Waals surface area contributed by atoms with Gasteiger partial charge in [0.25, 0.3) is 0 Å². The molecule has 2 rings (SSSR count). The highest BCUT2D eigenvalue weighted by molar-refractivity contribution is 5.42. The van der Waals surface area contributed by atoms with Crippen molar-refractivity contribution in [3.8, 4) is 11.5 Å². The lowest BCUT2D eigenvalue weighted by atomic mass is 9.88. The molecular weight excluding hydrogens is 252 g/mol. The molecule has 1 aliphatic rings. The smallest absolute Gasteiger partial charge is 0.160 e. The monoisotopic (exact) mass is 278 g/mol. The number of rotatable bonds is 6. The fraction of sp³-hybridized carbons (Fsp3) is 0.647. The summed E-state index contributed by atoms with van der Waals surface area (Å²) >= 11 is 0. The van der Waals surface area contributed by atoms with Gasteiger partial charge in [0.15, 0.2) is 11.5 Å². The molecule has 1 aliphatic carbocycles. The van der Waals surface area contributed by atoms with Gasteiger partial charge in [0.2, 0.25) is 0 Å². The van der Waals surface area contributed by atoms with Gasteiger partial charge in [-0.3, -0.25) is 0 Å². The van der Waals surface area contributed by atoms with Gasteiger partial charge in [0, 0.05) is 0 Å². The Morgan fingerprint density at radius 1 is 1.05 bits per heavy atom. The van der Waals surface area contributed by atoms with Gasteiger partial charge in [0.1, 0.15) is 0 Å². The van der Waals surface area contributed by atoms with Gasteiger partial charge in [-0.2, -0.15) is 0 Å². The minimum atomic E-state index is 0.448. The first-order valence-corrected chi connectivity index (χ1v) is 7.57. The third-order valence-corrected chi connectivity index (χ3v) is 4.20. The summed E-state index contributed by atoms with van der Waals surface area (Å²) in [6.45, 7) is 3.09. The Bertz CT molecular complexity index is 417. The van der Waals surface area contributed by atoms with Crippen LogP contribution in [0.1, 0.15) is 38.2 Å². The Labute approximate surface area is 122 Å². The molecule has 0 saturated heterocycles. The summed E-state index contributed by atoms with van der Waals surface area (Å²) in [4.78, 5) is 0.